The summed E-state index contributed by atoms with van der Waals surface area (Å²) in [5.74, 6) is 0.0633. The fourth-order valence-electron chi connectivity index (χ4n) is 2.66. The zero-order valence-electron chi connectivity index (χ0n) is 13.6. The number of hydrogen-bond donors (Lipinski definition) is 3. The number of halogens is 1. The van der Waals surface area contributed by atoms with Crippen LogP contribution >= 0.6 is 15.9 Å². The first-order valence-corrected chi connectivity index (χ1v) is 8.49. The van der Waals surface area contributed by atoms with Crippen molar-refractivity contribution in [1.29, 1.82) is 0 Å². The van der Waals surface area contributed by atoms with Crippen molar-refractivity contribution >= 4 is 38.6 Å². The van der Waals surface area contributed by atoms with Crippen LogP contribution in [0.15, 0.2) is 46.9 Å². The van der Waals surface area contributed by atoms with E-state index in [1.165, 1.54) is 12.1 Å². The lowest BCUT2D eigenvalue weighted by molar-refractivity contribution is 0.102. The SMILES string of the molecule is Cc1c(C(=O)Nc2n[nH]c3cc(O)ccc23)nnn1-c1ccccc1Br. The highest BCUT2D eigenvalue weighted by Crippen LogP contribution is 2.25. The van der Waals surface area contributed by atoms with Crippen molar-refractivity contribution in [2.45, 2.75) is 6.92 Å². The summed E-state index contributed by atoms with van der Waals surface area (Å²) in [6, 6.07) is 12.3. The van der Waals surface area contributed by atoms with Gasteiger partial charge in [-0.15, -0.1) is 5.10 Å². The molecule has 9 heteroatoms. The average Bonchev–Trinajstić information content (AvgIpc) is 3.19. The summed E-state index contributed by atoms with van der Waals surface area (Å²) in [5, 5.41) is 27.9. The number of nitrogens with zero attached hydrogens (tertiary/aromatic N) is 4. The van der Waals surface area contributed by atoms with Gasteiger partial charge in [0.05, 0.1) is 16.9 Å². The van der Waals surface area contributed by atoms with Crippen LogP contribution < -0.4 is 5.32 Å². The zero-order valence-corrected chi connectivity index (χ0v) is 15.1. The number of nitrogens with one attached hydrogen (secondary N) is 2. The highest BCUT2D eigenvalue weighted by atomic mass is 79.9. The van der Waals surface area contributed by atoms with Gasteiger partial charge in [0.25, 0.3) is 5.91 Å². The minimum atomic E-state index is -0.415. The topological polar surface area (TPSA) is 109 Å². The Balaban J connectivity index is 1.66. The number of rotatable bonds is 3. The van der Waals surface area contributed by atoms with Crippen LogP contribution in [0.2, 0.25) is 0 Å². The summed E-state index contributed by atoms with van der Waals surface area (Å²) >= 11 is 3.47. The molecular formula is C17H13BrN6O2. The fraction of sp³-hybridized carbons (Fsp3) is 0.0588. The van der Waals surface area contributed by atoms with E-state index in [-0.39, 0.29) is 11.4 Å². The molecule has 26 heavy (non-hydrogen) atoms. The van der Waals surface area contributed by atoms with Gasteiger partial charge in [0.2, 0.25) is 0 Å². The predicted molar refractivity (Wildman–Crippen MR) is 99.5 cm³/mol. The van der Waals surface area contributed by atoms with Crippen LogP contribution in [0.4, 0.5) is 5.82 Å². The Hall–Kier alpha value is -3.20. The Morgan fingerprint density at radius 1 is 1.27 bits per heavy atom. The fourth-order valence-corrected chi connectivity index (χ4v) is 3.11. The van der Waals surface area contributed by atoms with Crippen LogP contribution in [0.5, 0.6) is 5.75 Å². The summed E-state index contributed by atoms with van der Waals surface area (Å²) in [4.78, 5) is 12.6. The standard InChI is InChI=1S/C17H13BrN6O2/c1-9-15(21-23-24(9)14-5-3-2-4-12(14)18)17(26)19-16-11-7-6-10(25)8-13(11)20-22-16/h2-8,25H,1H3,(H2,19,20,22,26). The summed E-state index contributed by atoms with van der Waals surface area (Å²) in [7, 11) is 0. The summed E-state index contributed by atoms with van der Waals surface area (Å²) < 4.78 is 2.44. The van der Waals surface area contributed by atoms with Gasteiger partial charge in [-0.1, -0.05) is 17.3 Å². The third-order valence-corrected chi connectivity index (χ3v) is 4.64. The molecule has 3 N–H and O–H groups in total. The second-order valence-corrected chi connectivity index (χ2v) is 6.50. The molecule has 0 atom stereocenters. The second kappa shape index (κ2) is 6.26. The molecule has 0 saturated heterocycles. The van der Waals surface area contributed by atoms with Gasteiger partial charge >= 0.3 is 0 Å². The molecule has 0 fully saturated rings. The van der Waals surface area contributed by atoms with Crippen LogP contribution in [0, 0.1) is 6.92 Å². The molecule has 2 aromatic carbocycles. The molecule has 0 saturated carbocycles. The number of amides is 1. The van der Waals surface area contributed by atoms with E-state index in [9.17, 15) is 9.90 Å². The first kappa shape index (κ1) is 16.3. The third kappa shape index (κ3) is 2.72. The zero-order chi connectivity index (χ0) is 18.3. The van der Waals surface area contributed by atoms with E-state index < -0.39 is 5.91 Å². The maximum atomic E-state index is 12.6. The van der Waals surface area contributed by atoms with Gasteiger partial charge in [-0.05, 0) is 47.1 Å². The first-order valence-electron chi connectivity index (χ1n) is 7.70. The first-order chi connectivity index (χ1) is 12.5. The van der Waals surface area contributed by atoms with Gasteiger partial charge in [0.1, 0.15) is 5.75 Å². The molecule has 0 aliphatic rings. The van der Waals surface area contributed by atoms with Crippen LogP contribution in [-0.2, 0) is 0 Å². The second-order valence-electron chi connectivity index (χ2n) is 5.64. The van der Waals surface area contributed by atoms with Crippen molar-refractivity contribution in [3.63, 3.8) is 0 Å². The number of phenols is 1. The number of carbonyl (C=O) groups excluding carboxylic acids is 1. The number of carbonyl (C=O) groups is 1. The monoisotopic (exact) mass is 412 g/mol. The number of aromatic amines is 1. The van der Waals surface area contributed by atoms with E-state index in [1.54, 1.807) is 17.7 Å². The van der Waals surface area contributed by atoms with Gasteiger partial charge in [0, 0.05) is 15.9 Å². The van der Waals surface area contributed by atoms with Gasteiger partial charge in [-0.25, -0.2) is 4.68 Å². The normalized spacial score (nSPS) is 11.0. The lowest BCUT2D eigenvalue weighted by Crippen LogP contribution is -2.14. The van der Waals surface area contributed by atoms with E-state index in [2.05, 4.69) is 41.8 Å². The van der Waals surface area contributed by atoms with Crippen molar-refractivity contribution in [1.82, 2.24) is 25.2 Å². The molecule has 0 spiro atoms. The maximum absolute atomic E-state index is 12.6. The van der Waals surface area contributed by atoms with Crippen molar-refractivity contribution in [3.05, 3.63) is 58.3 Å². The molecule has 4 aromatic rings. The highest BCUT2D eigenvalue weighted by Gasteiger charge is 2.20. The number of hydrogen-bond acceptors (Lipinski definition) is 5. The molecule has 1 amide bonds. The molecule has 4 rings (SSSR count). The number of phenolic OH excluding ortho intramolecular Hbond substituents is 1. The molecule has 2 aromatic heterocycles. The number of anilines is 1. The number of aromatic nitrogens is 5. The average molecular weight is 413 g/mol. The van der Waals surface area contributed by atoms with Crippen molar-refractivity contribution in [2.75, 3.05) is 5.32 Å². The summed E-state index contributed by atoms with van der Waals surface area (Å²) in [6.45, 7) is 1.77. The molecule has 0 radical (unpaired) electrons. The van der Waals surface area contributed by atoms with Gasteiger partial charge in [-0.2, -0.15) is 5.10 Å². The molecule has 0 unspecified atom stereocenters. The Kier molecular flexibility index (Phi) is 3.92. The quantitative estimate of drug-likeness (QED) is 0.478. The van der Waals surface area contributed by atoms with E-state index in [0.717, 1.165) is 10.2 Å². The van der Waals surface area contributed by atoms with E-state index in [4.69, 9.17) is 0 Å². The van der Waals surface area contributed by atoms with E-state index >= 15 is 0 Å². The van der Waals surface area contributed by atoms with Crippen molar-refractivity contribution in [3.8, 4) is 11.4 Å². The highest BCUT2D eigenvalue weighted by molar-refractivity contribution is 9.10. The smallest absolute Gasteiger partial charge is 0.279 e. The molecule has 2 heterocycles. The minimum absolute atomic E-state index is 0.117. The summed E-state index contributed by atoms with van der Waals surface area (Å²) in [5.41, 5.74) is 2.22. The summed E-state index contributed by atoms with van der Waals surface area (Å²) in [6.07, 6.45) is 0. The largest absolute Gasteiger partial charge is 0.508 e. The van der Waals surface area contributed by atoms with Crippen LogP contribution in [0.3, 0.4) is 0 Å². The Morgan fingerprint density at radius 3 is 2.88 bits per heavy atom. The Labute approximate surface area is 156 Å². The lowest BCUT2D eigenvalue weighted by Gasteiger charge is -2.06. The van der Waals surface area contributed by atoms with Crippen LogP contribution in [0.1, 0.15) is 16.2 Å². The molecule has 8 nitrogen and oxygen atoms in total. The number of benzene rings is 2. The Bertz CT molecular complexity index is 1130. The lowest BCUT2D eigenvalue weighted by atomic mass is 10.2. The van der Waals surface area contributed by atoms with E-state index in [0.29, 0.717) is 22.4 Å². The van der Waals surface area contributed by atoms with Crippen LogP contribution in [-0.4, -0.2) is 36.2 Å². The number of para-hydroxylation sites is 1. The minimum Gasteiger partial charge on any atom is -0.508 e. The van der Waals surface area contributed by atoms with Crippen LogP contribution in [0.25, 0.3) is 16.6 Å². The molecule has 0 bridgehead atoms. The molecular weight excluding hydrogens is 400 g/mol. The maximum Gasteiger partial charge on any atom is 0.279 e. The molecule has 130 valence electrons. The van der Waals surface area contributed by atoms with Crippen molar-refractivity contribution < 1.29 is 9.90 Å². The Morgan fingerprint density at radius 2 is 2.08 bits per heavy atom. The molecule has 0 aliphatic carbocycles. The van der Waals surface area contributed by atoms with Crippen molar-refractivity contribution in [2.24, 2.45) is 0 Å². The van der Waals surface area contributed by atoms with Gasteiger partial charge in [-0.3, -0.25) is 9.89 Å². The van der Waals surface area contributed by atoms with Gasteiger partial charge < -0.3 is 10.4 Å². The van der Waals surface area contributed by atoms with Gasteiger partial charge in [0.15, 0.2) is 11.5 Å². The number of fused-ring (bicyclic) bond motifs is 1. The van der Waals surface area contributed by atoms with E-state index in [1.807, 2.05) is 24.3 Å². The predicted octanol–water partition coefficient (Wildman–Crippen LogP) is 3.17. The number of H-pyrrole nitrogens is 1. The third-order valence-electron chi connectivity index (χ3n) is 3.97. The molecule has 0 aliphatic heterocycles. The number of aromatic hydroxyl groups is 1.